The van der Waals surface area contributed by atoms with Gasteiger partial charge in [0.1, 0.15) is 0 Å². The lowest BCUT2D eigenvalue weighted by molar-refractivity contribution is 0.170. The average Bonchev–Trinajstić information content (AvgIpc) is 3.26. The maximum absolute atomic E-state index is 15.1. The van der Waals surface area contributed by atoms with E-state index in [0.29, 0.717) is 0 Å². The molecule has 0 bridgehead atoms. The van der Waals surface area contributed by atoms with Crippen LogP contribution in [0.2, 0.25) is 18.1 Å². The van der Waals surface area contributed by atoms with E-state index < -0.39 is 15.5 Å². The third-order valence-corrected chi connectivity index (χ3v) is 15.3. The highest BCUT2D eigenvalue weighted by molar-refractivity contribution is 7.85. The number of hydrogen-bond donors (Lipinski definition) is 0. The molecule has 4 heteroatoms. The van der Waals surface area contributed by atoms with Crippen LogP contribution in [-0.2, 0) is 8.99 Å². The minimum Gasteiger partial charge on any atom is -0.413 e. The van der Waals surface area contributed by atoms with Gasteiger partial charge in [-0.3, -0.25) is 0 Å². The third-order valence-electron chi connectivity index (χ3n) is 7.62. The zero-order chi connectivity index (χ0) is 23.7. The molecular formula is C29H37O2PSi. The molecule has 2 atom stereocenters. The fourth-order valence-electron chi connectivity index (χ4n) is 4.77. The standard InChI is InChI=1S/C29H37O2PSi/c1-29(2,3)33(4,5)31-27-21-14-20-25(27)26-19-12-13-22-28(26)32(30,23-15-8-6-9-16-23)24-17-10-7-11-18-24/h6-13,15-19,22,25,27H,14,20-21H2,1-5H3/t25-,27-/m0/s1. The van der Waals surface area contributed by atoms with E-state index >= 15 is 4.57 Å². The highest BCUT2D eigenvalue weighted by atomic mass is 31.2. The molecule has 0 N–H and O–H groups in total. The molecule has 4 rings (SSSR count). The lowest BCUT2D eigenvalue weighted by Gasteiger charge is -2.40. The smallest absolute Gasteiger partial charge is 0.192 e. The summed E-state index contributed by atoms with van der Waals surface area (Å²) < 4.78 is 22.1. The average molecular weight is 477 g/mol. The number of rotatable bonds is 6. The molecule has 0 amide bonds. The van der Waals surface area contributed by atoms with Gasteiger partial charge in [-0.05, 0) is 36.5 Å². The minimum absolute atomic E-state index is 0.170. The summed E-state index contributed by atoms with van der Waals surface area (Å²) >= 11 is 0. The summed E-state index contributed by atoms with van der Waals surface area (Å²) in [4.78, 5) is 0. The van der Waals surface area contributed by atoms with Crippen LogP contribution in [0.5, 0.6) is 0 Å². The molecule has 0 aliphatic heterocycles. The van der Waals surface area contributed by atoms with E-state index in [4.69, 9.17) is 4.43 Å². The molecule has 1 saturated carbocycles. The van der Waals surface area contributed by atoms with Crippen LogP contribution in [0, 0.1) is 0 Å². The summed E-state index contributed by atoms with van der Waals surface area (Å²) in [6.45, 7) is 11.6. The predicted octanol–water partition coefficient (Wildman–Crippen LogP) is 6.98. The second kappa shape index (κ2) is 9.37. The summed E-state index contributed by atoms with van der Waals surface area (Å²) in [5.41, 5.74) is 1.20. The van der Waals surface area contributed by atoms with E-state index in [1.54, 1.807) is 0 Å². The van der Waals surface area contributed by atoms with Crippen molar-refractivity contribution in [2.75, 3.05) is 0 Å². The van der Waals surface area contributed by atoms with Crippen LogP contribution >= 0.6 is 7.14 Å². The van der Waals surface area contributed by atoms with E-state index in [-0.39, 0.29) is 17.1 Å². The normalized spacial score (nSPS) is 19.5. The van der Waals surface area contributed by atoms with Gasteiger partial charge in [0, 0.05) is 21.8 Å². The van der Waals surface area contributed by atoms with Gasteiger partial charge in [0.2, 0.25) is 0 Å². The molecule has 1 aliphatic carbocycles. The predicted molar refractivity (Wildman–Crippen MR) is 144 cm³/mol. The fourth-order valence-corrected chi connectivity index (χ4v) is 9.10. The summed E-state index contributed by atoms with van der Waals surface area (Å²) in [7, 11) is -4.93. The summed E-state index contributed by atoms with van der Waals surface area (Å²) in [6, 6.07) is 28.4. The highest BCUT2D eigenvalue weighted by Crippen LogP contribution is 2.48. The van der Waals surface area contributed by atoms with Crippen molar-refractivity contribution in [1.82, 2.24) is 0 Å². The Hall–Kier alpha value is -1.93. The van der Waals surface area contributed by atoms with Crippen molar-refractivity contribution < 1.29 is 8.99 Å². The zero-order valence-electron chi connectivity index (χ0n) is 20.6. The zero-order valence-corrected chi connectivity index (χ0v) is 22.5. The fraction of sp³-hybridized carbons (Fsp3) is 0.379. The molecule has 0 radical (unpaired) electrons. The van der Waals surface area contributed by atoms with E-state index in [1.165, 1.54) is 5.56 Å². The SMILES string of the molecule is CC(C)(C)[Si](C)(C)O[C@H]1CCC[C@H]1c1ccccc1P(=O)(c1ccccc1)c1ccccc1. The number of hydrogen-bond acceptors (Lipinski definition) is 2. The van der Waals surface area contributed by atoms with Gasteiger partial charge in [-0.1, -0.05) is 112 Å². The maximum Gasteiger partial charge on any atom is 0.192 e. The molecule has 1 fully saturated rings. The van der Waals surface area contributed by atoms with E-state index in [9.17, 15) is 0 Å². The van der Waals surface area contributed by atoms with Gasteiger partial charge in [0.25, 0.3) is 0 Å². The Bertz CT molecular complexity index is 1080. The summed E-state index contributed by atoms with van der Waals surface area (Å²) in [5, 5.41) is 2.92. The minimum atomic E-state index is -3.02. The van der Waals surface area contributed by atoms with E-state index in [1.807, 2.05) is 66.7 Å². The Morgan fingerprint density at radius 1 is 0.788 bits per heavy atom. The Labute approximate surface area is 200 Å². The van der Waals surface area contributed by atoms with Gasteiger partial charge >= 0.3 is 0 Å². The van der Waals surface area contributed by atoms with Crippen LogP contribution < -0.4 is 15.9 Å². The molecule has 33 heavy (non-hydrogen) atoms. The monoisotopic (exact) mass is 476 g/mol. The Morgan fingerprint density at radius 3 is 1.85 bits per heavy atom. The third kappa shape index (κ3) is 4.69. The van der Waals surface area contributed by atoms with Gasteiger partial charge in [0.15, 0.2) is 15.5 Å². The molecule has 0 aromatic heterocycles. The highest BCUT2D eigenvalue weighted by Gasteiger charge is 2.43. The van der Waals surface area contributed by atoms with Gasteiger partial charge in [-0.2, -0.15) is 0 Å². The Balaban J connectivity index is 1.83. The first-order valence-corrected chi connectivity index (χ1v) is 16.7. The largest absolute Gasteiger partial charge is 0.413 e. The second-order valence-electron chi connectivity index (χ2n) is 10.8. The Kier molecular flexibility index (Phi) is 6.87. The quantitative estimate of drug-likeness (QED) is 0.283. The lowest BCUT2D eigenvalue weighted by Crippen LogP contribution is -2.44. The topological polar surface area (TPSA) is 26.3 Å². The first kappa shape index (κ1) is 24.2. The molecule has 0 spiro atoms. The Morgan fingerprint density at radius 2 is 1.30 bits per heavy atom. The van der Waals surface area contributed by atoms with Gasteiger partial charge in [-0.25, -0.2) is 0 Å². The van der Waals surface area contributed by atoms with Crippen LogP contribution in [0.3, 0.4) is 0 Å². The van der Waals surface area contributed by atoms with Crippen LogP contribution in [0.4, 0.5) is 0 Å². The molecule has 3 aromatic rings. The summed E-state index contributed by atoms with van der Waals surface area (Å²) in [6.07, 6.45) is 3.50. The van der Waals surface area contributed by atoms with Crippen molar-refractivity contribution in [3.8, 4) is 0 Å². The van der Waals surface area contributed by atoms with Crippen molar-refractivity contribution in [3.63, 3.8) is 0 Å². The van der Waals surface area contributed by atoms with Crippen molar-refractivity contribution in [2.45, 2.75) is 70.2 Å². The van der Waals surface area contributed by atoms with Crippen LogP contribution in [0.15, 0.2) is 84.9 Å². The summed E-state index contributed by atoms with van der Waals surface area (Å²) in [5.74, 6) is 0.274. The van der Waals surface area contributed by atoms with Crippen LogP contribution in [0.25, 0.3) is 0 Å². The molecular weight excluding hydrogens is 439 g/mol. The van der Waals surface area contributed by atoms with Gasteiger partial charge in [0.05, 0.1) is 6.10 Å². The first-order chi connectivity index (χ1) is 15.6. The second-order valence-corrected chi connectivity index (χ2v) is 18.3. The van der Waals surface area contributed by atoms with Crippen molar-refractivity contribution in [1.29, 1.82) is 0 Å². The molecule has 0 unspecified atom stereocenters. The first-order valence-electron chi connectivity index (χ1n) is 12.1. The van der Waals surface area contributed by atoms with Gasteiger partial charge < -0.3 is 8.99 Å². The van der Waals surface area contributed by atoms with E-state index in [0.717, 1.165) is 35.2 Å². The van der Waals surface area contributed by atoms with Crippen molar-refractivity contribution >= 4 is 31.4 Å². The molecule has 1 aliphatic rings. The molecule has 174 valence electrons. The molecule has 2 nitrogen and oxygen atoms in total. The maximum atomic E-state index is 15.1. The van der Waals surface area contributed by atoms with Crippen LogP contribution in [0.1, 0.15) is 51.5 Å². The van der Waals surface area contributed by atoms with Crippen molar-refractivity contribution in [3.05, 3.63) is 90.5 Å². The van der Waals surface area contributed by atoms with Crippen molar-refractivity contribution in [2.24, 2.45) is 0 Å². The van der Waals surface area contributed by atoms with E-state index in [2.05, 4.69) is 52.1 Å². The lowest BCUT2D eigenvalue weighted by atomic mass is 9.96. The van der Waals surface area contributed by atoms with Crippen LogP contribution in [-0.4, -0.2) is 14.4 Å². The molecule has 0 saturated heterocycles. The molecule has 0 heterocycles. The molecule has 3 aromatic carbocycles. The number of benzene rings is 3. The van der Waals surface area contributed by atoms with Gasteiger partial charge in [-0.15, -0.1) is 0 Å².